The third-order valence-electron chi connectivity index (χ3n) is 2.89. The minimum Gasteiger partial charge on any atom is -0.448 e. The van der Waals surface area contributed by atoms with Gasteiger partial charge in [-0.2, -0.15) is 0 Å². The summed E-state index contributed by atoms with van der Waals surface area (Å²) in [5.74, 6) is 0.772. The van der Waals surface area contributed by atoms with Crippen LogP contribution in [-0.4, -0.2) is 10.2 Å². The highest BCUT2D eigenvalue weighted by Crippen LogP contribution is 2.19. The average molecular weight is 290 g/mol. The number of rotatable bonds is 4. The molecule has 0 amide bonds. The molecule has 0 aliphatic rings. The molecule has 0 unspecified atom stereocenters. The van der Waals surface area contributed by atoms with Crippen LogP contribution in [0.3, 0.4) is 0 Å². The standard InChI is InChI=1S/C14H12ClN3O2/c15-13-6-5-11(20-13)8-16-10-3-1-9(2-4-10)12-7-14(19)18-17-12/h1-7,16H,8H2,(H2,17,18,19). The maximum atomic E-state index is 11.1. The lowest BCUT2D eigenvalue weighted by Gasteiger charge is -2.05. The van der Waals surface area contributed by atoms with Gasteiger partial charge in [-0.25, -0.2) is 0 Å². The van der Waals surface area contributed by atoms with Crippen molar-refractivity contribution in [3.8, 4) is 11.3 Å². The molecule has 102 valence electrons. The minimum atomic E-state index is -0.142. The van der Waals surface area contributed by atoms with E-state index in [9.17, 15) is 4.79 Å². The zero-order valence-corrected chi connectivity index (χ0v) is 11.2. The Kier molecular flexibility index (Phi) is 3.35. The number of halogens is 1. The van der Waals surface area contributed by atoms with Gasteiger partial charge in [-0.1, -0.05) is 12.1 Å². The number of hydrogen-bond donors (Lipinski definition) is 3. The summed E-state index contributed by atoms with van der Waals surface area (Å²) in [6, 6.07) is 12.8. The molecule has 3 rings (SSSR count). The van der Waals surface area contributed by atoms with Crippen molar-refractivity contribution in [1.29, 1.82) is 0 Å². The Bertz CT molecular complexity index is 755. The summed E-state index contributed by atoms with van der Waals surface area (Å²) in [5, 5.41) is 8.93. The maximum absolute atomic E-state index is 11.1. The Balaban J connectivity index is 1.68. The predicted octanol–water partition coefficient (Wildman–Crippen LogP) is 3.23. The van der Waals surface area contributed by atoms with E-state index in [-0.39, 0.29) is 5.56 Å². The zero-order chi connectivity index (χ0) is 13.9. The van der Waals surface area contributed by atoms with Crippen molar-refractivity contribution in [3.63, 3.8) is 0 Å². The molecule has 0 atom stereocenters. The van der Waals surface area contributed by atoms with Gasteiger partial charge in [-0.05, 0) is 41.4 Å². The molecule has 20 heavy (non-hydrogen) atoms. The van der Waals surface area contributed by atoms with E-state index in [1.165, 1.54) is 6.07 Å². The van der Waals surface area contributed by atoms with E-state index in [0.29, 0.717) is 11.8 Å². The molecule has 0 bridgehead atoms. The highest BCUT2D eigenvalue weighted by Gasteiger charge is 2.02. The SMILES string of the molecule is O=c1cc(-c2ccc(NCc3ccc(Cl)o3)cc2)[nH][nH]1. The number of H-pyrrole nitrogens is 2. The summed E-state index contributed by atoms with van der Waals surface area (Å²) in [6.45, 7) is 0.563. The first-order chi connectivity index (χ1) is 9.70. The molecule has 5 nitrogen and oxygen atoms in total. The van der Waals surface area contributed by atoms with E-state index in [1.54, 1.807) is 6.07 Å². The number of aromatic nitrogens is 2. The molecule has 2 aromatic heterocycles. The van der Waals surface area contributed by atoms with Crippen LogP contribution in [-0.2, 0) is 6.54 Å². The Hall–Kier alpha value is -2.40. The van der Waals surface area contributed by atoms with Crippen molar-refractivity contribution in [1.82, 2.24) is 10.2 Å². The molecule has 2 heterocycles. The predicted molar refractivity (Wildman–Crippen MR) is 77.9 cm³/mol. The largest absolute Gasteiger partial charge is 0.448 e. The molecule has 0 saturated heterocycles. The Labute approximate surface area is 119 Å². The van der Waals surface area contributed by atoms with Crippen LogP contribution in [0.2, 0.25) is 5.22 Å². The first-order valence-electron chi connectivity index (χ1n) is 6.07. The Morgan fingerprint density at radius 1 is 1.10 bits per heavy atom. The minimum absolute atomic E-state index is 0.142. The van der Waals surface area contributed by atoms with Crippen molar-refractivity contribution < 1.29 is 4.42 Å². The fourth-order valence-electron chi connectivity index (χ4n) is 1.89. The van der Waals surface area contributed by atoms with Crippen molar-refractivity contribution in [2.75, 3.05) is 5.32 Å². The number of hydrogen-bond acceptors (Lipinski definition) is 3. The van der Waals surface area contributed by atoms with E-state index in [4.69, 9.17) is 16.0 Å². The molecule has 3 N–H and O–H groups in total. The molecular formula is C14H12ClN3O2. The monoisotopic (exact) mass is 289 g/mol. The van der Waals surface area contributed by atoms with E-state index < -0.39 is 0 Å². The summed E-state index contributed by atoms with van der Waals surface area (Å²) in [5.41, 5.74) is 2.52. The van der Waals surface area contributed by atoms with Gasteiger partial charge in [0.15, 0.2) is 5.22 Å². The topological polar surface area (TPSA) is 73.8 Å². The quantitative estimate of drug-likeness (QED) is 0.690. The van der Waals surface area contributed by atoms with Crippen LogP contribution in [0.5, 0.6) is 0 Å². The lowest BCUT2D eigenvalue weighted by atomic mass is 10.1. The van der Waals surface area contributed by atoms with Gasteiger partial charge in [0.25, 0.3) is 5.56 Å². The highest BCUT2D eigenvalue weighted by molar-refractivity contribution is 6.28. The van der Waals surface area contributed by atoms with Crippen molar-refractivity contribution in [2.24, 2.45) is 0 Å². The van der Waals surface area contributed by atoms with Crippen LogP contribution < -0.4 is 10.9 Å². The van der Waals surface area contributed by atoms with E-state index in [2.05, 4.69) is 15.5 Å². The average Bonchev–Trinajstić information content (AvgIpc) is 3.06. The molecule has 6 heteroatoms. The number of furan rings is 1. The molecule has 0 spiro atoms. The van der Waals surface area contributed by atoms with Gasteiger partial charge in [0, 0.05) is 11.8 Å². The summed E-state index contributed by atoms with van der Waals surface area (Å²) < 4.78 is 5.26. The maximum Gasteiger partial charge on any atom is 0.264 e. The number of benzene rings is 1. The smallest absolute Gasteiger partial charge is 0.264 e. The van der Waals surface area contributed by atoms with Gasteiger partial charge < -0.3 is 9.73 Å². The second-order valence-corrected chi connectivity index (χ2v) is 4.68. The zero-order valence-electron chi connectivity index (χ0n) is 10.4. The molecule has 0 aliphatic heterocycles. The highest BCUT2D eigenvalue weighted by atomic mass is 35.5. The first-order valence-corrected chi connectivity index (χ1v) is 6.45. The number of nitrogens with one attached hydrogen (secondary N) is 3. The van der Waals surface area contributed by atoms with E-state index in [1.807, 2.05) is 30.3 Å². The number of anilines is 1. The normalized spacial score (nSPS) is 10.7. The van der Waals surface area contributed by atoms with Gasteiger partial charge in [-0.15, -0.1) is 0 Å². The van der Waals surface area contributed by atoms with Gasteiger partial charge in [-0.3, -0.25) is 15.0 Å². The Morgan fingerprint density at radius 2 is 1.90 bits per heavy atom. The summed E-state index contributed by atoms with van der Waals surface area (Å²) in [7, 11) is 0. The van der Waals surface area contributed by atoms with Gasteiger partial charge in [0.1, 0.15) is 5.76 Å². The second-order valence-electron chi connectivity index (χ2n) is 4.31. The molecule has 3 aromatic rings. The molecule has 0 radical (unpaired) electrons. The lowest BCUT2D eigenvalue weighted by molar-refractivity contribution is 0.520. The molecule has 0 aliphatic carbocycles. The molecule has 0 saturated carbocycles. The van der Waals surface area contributed by atoms with E-state index in [0.717, 1.165) is 22.7 Å². The van der Waals surface area contributed by atoms with Crippen LogP contribution in [0.15, 0.2) is 51.7 Å². The van der Waals surface area contributed by atoms with Gasteiger partial charge in [0.05, 0.1) is 12.2 Å². The fourth-order valence-corrected chi connectivity index (χ4v) is 2.05. The second kappa shape index (κ2) is 5.30. The summed E-state index contributed by atoms with van der Waals surface area (Å²) in [6.07, 6.45) is 0. The molecule has 0 fully saturated rings. The third-order valence-corrected chi connectivity index (χ3v) is 3.09. The van der Waals surface area contributed by atoms with Crippen molar-refractivity contribution in [2.45, 2.75) is 6.54 Å². The van der Waals surface area contributed by atoms with Gasteiger partial charge in [0.2, 0.25) is 0 Å². The number of aromatic amines is 2. The summed E-state index contributed by atoms with van der Waals surface area (Å²) in [4.78, 5) is 11.1. The van der Waals surface area contributed by atoms with Crippen molar-refractivity contribution >= 4 is 17.3 Å². The fraction of sp³-hybridized carbons (Fsp3) is 0.0714. The first kappa shape index (κ1) is 12.6. The van der Waals surface area contributed by atoms with E-state index >= 15 is 0 Å². The van der Waals surface area contributed by atoms with Crippen LogP contribution >= 0.6 is 11.6 Å². The van der Waals surface area contributed by atoms with Crippen LogP contribution in [0, 0.1) is 0 Å². The van der Waals surface area contributed by atoms with Crippen LogP contribution in [0.25, 0.3) is 11.3 Å². The lowest BCUT2D eigenvalue weighted by Crippen LogP contribution is -1.97. The molecular weight excluding hydrogens is 278 g/mol. The molecule has 1 aromatic carbocycles. The third kappa shape index (κ3) is 2.78. The van der Waals surface area contributed by atoms with Crippen LogP contribution in [0.1, 0.15) is 5.76 Å². The van der Waals surface area contributed by atoms with Crippen molar-refractivity contribution in [3.05, 3.63) is 63.8 Å². The van der Waals surface area contributed by atoms with Crippen LogP contribution in [0.4, 0.5) is 5.69 Å². The summed E-state index contributed by atoms with van der Waals surface area (Å²) >= 11 is 5.71. The van der Waals surface area contributed by atoms with Gasteiger partial charge >= 0.3 is 0 Å². The Morgan fingerprint density at radius 3 is 2.50 bits per heavy atom.